The number of fused-ring (bicyclic) bond motifs is 1. The van der Waals surface area contributed by atoms with E-state index < -0.39 is 9.84 Å². The summed E-state index contributed by atoms with van der Waals surface area (Å²) in [6, 6.07) is 11.9. The zero-order valence-corrected chi connectivity index (χ0v) is 20.4. The molecule has 2 aromatic rings. The molecule has 8 heteroatoms. The van der Waals surface area contributed by atoms with Crippen LogP contribution in [-0.2, 0) is 22.7 Å². The van der Waals surface area contributed by atoms with Crippen LogP contribution >= 0.6 is 23.2 Å². The van der Waals surface area contributed by atoms with E-state index >= 15 is 0 Å². The van der Waals surface area contributed by atoms with E-state index in [0.717, 1.165) is 37.1 Å². The van der Waals surface area contributed by atoms with Crippen molar-refractivity contribution in [3.8, 4) is 5.75 Å². The zero-order valence-electron chi connectivity index (χ0n) is 18.0. The lowest BCUT2D eigenvalue weighted by molar-refractivity contribution is 0.316. The monoisotopic (exact) mass is 496 g/mol. The van der Waals surface area contributed by atoms with Crippen molar-refractivity contribution < 1.29 is 13.2 Å². The average Bonchev–Trinajstić information content (AvgIpc) is 3.32. The van der Waals surface area contributed by atoms with Gasteiger partial charge in [0.25, 0.3) is 0 Å². The highest BCUT2D eigenvalue weighted by Gasteiger charge is 2.29. The predicted octanol–water partition coefficient (Wildman–Crippen LogP) is 4.14. The summed E-state index contributed by atoms with van der Waals surface area (Å²) < 4.78 is 30.8. The Kier molecular flexibility index (Phi) is 7.68. The van der Waals surface area contributed by atoms with Crippen LogP contribution < -0.4 is 15.8 Å². The molecule has 3 unspecified atom stereocenters. The molecule has 4 rings (SSSR count). The molecule has 5 nitrogen and oxygen atoms in total. The number of ether oxygens (including phenoxy) is 1. The molecule has 0 aromatic heterocycles. The fourth-order valence-corrected chi connectivity index (χ4v) is 6.75. The molecule has 1 fully saturated rings. The van der Waals surface area contributed by atoms with Crippen molar-refractivity contribution >= 4 is 33.0 Å². The van der Waals surface area contributed by atoms with Crippen LogP contribution in [0.5, 0.6) is 5.75 Å². The molecule has 0 saturated carbocycles. The largest absolute Gasteiger partial charge is 0.494 e. The van der Waals surface area contributed by atoms with Gasteiger partial charge < -0.3 is 15.8 Å². The normalized spacial score (nSPS) is 23.2. The van der Waals surface area contributed by atoms with Crippen LogP contribution in [-0.4, -0.2) is 45.2 Å². The summed E-state index contributed by atoms with van der Waals surface area (Å²) in [5.74, 6) is 1.08. The lowest BCUT2D eigenvalue weighted by atomic mass is 9.76. The van der Waals surface area contributed by atoms with Gasteiger partial charge in [-0.25, -0.2) is 8.42 Å². The van der Waals surface area contributed by atoms with E-state index in [1.807, 2.05) is 24.3 Å². The Morgan fingerprint density at radius 3 is 2.69 bits per heavy atom. The smallest absolute Gasteiger partial charge is 0.154 e. The molecule has 174 valence electrons. The molecule has 1 saturated heterocycles. The molecular formula is C24H30Cl2N2O3S. The summed E-state index contributed by atoms with van der Waals surface area (Å²) in [4.78, 5) is 0. The first-order chi connectivity index (χ1) is 15.3. The number of hydrogen-bond acceptors (Lipinski definition) is 5. The van der Waals surface area contributed by atoms with Crippen molar-refractivity contribution in [3.63, 3.8) is 0 Å². The topological polar surface area (TPSA) is 81.4 Å². The van der Waals surface area contributed by atoms with E-state index in [1.54, 1.807) is 0 Å². The molecule has 0 radical (unpaired) electrons. The second-order valence-corrected chi connectivity index (χ2v) is 12.0. The lowest BCUT2D eigenvalue weighted by Crippen LogP contribution is -2.34. The molecule has 1 aliphatic heterocycles. The van der Waals surface area contributed by atoms with E-state index in [0.29, 0.717) is 36.0 Å². The van der Waals surface area contributed by atoms with Crippen LogP contribution in [0.1, 0.15) is 41.9 Å². The average molecular weight is 497 g/mol. The molecule has 2 aromatic carbocycles. The van der Waals surface area contributed by atoms with Crippen LogP contribution in [0.25, 0.3) is 0 Å². The standard InChI is InChI=1S/C24H30Cl2N2O3S/c25-22-6-2-16(13-23(22)26)12-21-20-14-18(5-3-17(20)4-7-24(21)27)31-10-1-11-32(29,30)19-8-9-28-15-19/h2-3,5-6,13-14,19,21,24,28H,1,4,7-12,15,27H2. The van der Waals surface area contributed by atoms with Crippen molar-refractivity contribution in [3.05, 3.63) is 63.1 Å². The van der Waals surface area contributed by atoms with Gasteiger partial charge in [-0.05, 0) is 79.6 Å². The highest BCUT2D eigenvalue weighted by atomic mass is 35.5. The summed E-state index contributed by atoms with van der Waals surface area (Å²) in [5.41, 5.74) is 10.1. The third-order valence-electron chi connectivity index (χ3n) is 6.59. The van der Waals surface area contributed by atoms with Crippen molar-refractivity contribution in [1.29, 1.82) is 0 Å². The second kappa shape index (κ2) is 10.3. The van der Waals surface area contributed by atoms with Crippen molar-refractivity contribution in [1.82, 2.24) is 5.32 Å². The molecular weight excluding hydrogens is 467 g/mol. The van der Waals surface area contributed by atoms with Crippen LogP contribution in [0, 0.1) is 0 Å². The van der Waals surface area contributed by atoms with Crippen molar-refractivity contribution in [2.75, 3.05) is 25.4 Å². The first kappa shape index (κ1) is 23.8. The van der Waals surface area contributed by atoms with Gasteiger partial charge in [-0.3, -0.25) is 0 Å². The predicted molar refractivity (Wildman–Crippen MR) is 131 cm³/mol. The Balaban J connectivity index is 1.41. The number of benzene rings is 2. The second-order valence-electron chi connectivity index (χ2n) is 8.81. The molecule has 3 N–H and O–H groups in total. The maximum atomic E-state index is 12.4. The number of sulfone groups is 1. The summed E-state index contributed by atoms with van der Waals surface area (Å²) in [7, 11) is -3.07. The van der Waals surface area contributed by atoms with Crippen LogP contribution in [0.15, 0.2) is 36.4 Å². The Morgan fingerprint density at radius 2 is 1.94 bits per heavy atom. The molecule has 1 heterocycles. The van der Waals surface area contributed by atoms with E-state index in [-0.39, 0.29) is 23.0 Å². The Hall–Kier alpha value is -1.31. The first-order valence-corrected chi connectivity index (χ1v) is 13.7. The molecule has 0 amide bonds. The molecule has 1 aliphatic carbocycles. The third kappa shape index (κ3) is 5.60. The maximum absolute atomic E-state index is 12.4. The van der Waals surface area contributed by atoms with Crippen LogP contribution in [0.3, 0.4) is 0 Å². The molecule has 0 bridgehead atoms. The van der Waals surface area contributed by atoms with Gasteiger partial charge >= 0.3 is 0 Å². The van der Waals surface area contributed by atoms with Gasteiger partial charge in [-0.1, -0.05) is 35.3 Å². The molecule has 0 spiro atoms. The van der Waals surface area contributed by atoms with E-state index in [4.69, 9.17) is 33.7 Å². The van der Waals surface area contributed by atoms with E-state index in [1.165, 1.54) is 11.1 Å². The highest BCUT2D eigenvalue weighted by Crippen LogP contribution is 2.36. The molecule has 2 aliphatic rings. The van der Waals surface area contributed by atoms with Crippen LogP contribution in [0.2, 0.25) is 10.0 Å². The fraction of sp³-hybridized carbons (Fsp3) is 0.500. The maximum Gasteiger partial charge on any atom is 0.154 e. The van der Waals surface area contributed by atoms with E-state index in [9.17, 15) is 8.42 Å². The number of nitrogens with one attached hydrogen (secondary N) is 1. The minimum atomic E-state index is -3.07. The van der Waals surface area contributed by atoms with Gasteiger partial charge in [0.05, 0.1) is 27.7 Å². The fourth-order valence-electron chi connectivity index (χ4n) is 4.72. The van der Waals surface area contributed by atoms with Gasteiger partial charge in [-0.15, -0.1) is 0 Å². The van der Waals surface area contributed by atoms with Gasteiger partial charge in [0.1, 0.15) is 5.75 Å². The highest BCUT2D eigenvalue weighted by molar-refractivity contribution is 7.92. The number of nitrogens with two attached hydrogens (primary N) is 1. The number of aryl methyl sites for hydroxylation is 1. The van der Waals surface area contributed by atoms with Gasteiger partial charge in [0.15, 0.2) is 9.84 Å². The van der Waals surface area contributed by atoms with Crippen molar-refractivity contribution in [2.45, 2.75) is 49.3 Å². The third-order valence-corrected chi connectivity index (χ3v) is 9.60. The van der Waals surface area contributed by atoms with Gasteiger partial charge in [0.2, 0.25) is 0 Å². The lowest BCUT2D eigenvalue weighted by Gasteiger charge is -2.32. The Morgan fingerprint density at radius 1 is 1.09 bits per heavy atom. The SMILES string of the molecule is NC1CCc2ccc(OCCCS(=O)(=O)C3CCNC3)cc2C1Cc1ccc(Cl)c(Cl)c1. The molecule has 3 atom stereocenters. The van der Waals surface area contributed by atoms with E-state index in [2.05, 4.69) is 17.4 Å². The van der Waals surface area contributed by atoms with Crippen molar-refractivity contribution in [2.24, 2.45) is 5.73 Å². The Labute approximate surface area is 200 Å². The number of rotatable bonds is 8. The van der Waals surface area contributed by atoms with Gasteiger partial charge in [0, 0.05) is 18.5 Å². The summed E-state index contributed by atoms with van der Waals surface area (Å²) in [6.07, 6.45) is 3.86. The Bertz CT molecular complexity index is 1060. The van der Waals surface area contributed by atoms with Gasteiger partial charge in [-0.2, -0.15) is 0 Å². The first-order valence-electron chi connectivity index (χ1n) is 11.2. The van der Waals surface area contributed by atoms with Crippen LogP contribution in [0.4, 0.5) is 0 Å². The minimum absolute atomic E-state index is 0.0531. The quantitative estimate of drug-likeness (QED) is 0.536. The number of hydrogen-bond donors (Lipinski definition) is 2. The number of halogens is 2. The molecule has 32 heavy (non-hydrogen) atoms. The minimum Gasteiger partial charge on any atom is -0.494 e. The summed E-state index contributed by atoms with van der Waals surface area (Å²) in [5, 5.41) is 3.96. The summed E-state index contributed by atoms with van der Waals surface area (Å²) >= 11 is 12.3. The summed E-state index contributed by atoms with van der Waals surface area (Å²) in [6.45, 7) is 1.72. The zero-order chi connectivity index (χ0) is 22.7.